The van der Waals surface area contributed by atoms with E-state index in [4.69, 9.17) is 0 Å². The third-order valence-electron chi connectivity index (χ3n) is 4.67. The molecule has 1 amide bonds. The van der Waals surface area contributed by atoms with Crippen LogP contribution in [0.3, 0.4) is 0 Å². The summed E-state index contributed by atoms with van der Waals surface area (Å²) in [5.74, 6) is -0.155. The number of carbonyl (C=O) groups is 1. The largest absolute Gasteiger partial charge is 0.508 e. The molecule has 9 nitrogen and oxygen atoms in total. The second kappa shape index (κ2) is 8.98. The highest BCUT2D eigenvalue weighted by atomic mass is 32.2. The summed E-state index contributed by atoms with van der Waals surface area (Å²) < 4.78 is 27.2. The Morgan fingerprint density at radius 1 is 1.06 bits per heavy atom. The average molecular weight is 449 g/mol. The maximum Gasteiger partial charge on any atom is 0.274 e. The van der Waals surface area contributed by atoms with E-state index >= 15 is 0 Å². The van der Waals surface area contributed by atoms with Gasteiger partial charge in [-0.1, -0.05) is 18.2 Å². The number of aromatic nitrogens is 2. The van der Waals surface area contributed by atoms with Gasteiger partial charge in [0, 0.05) is 18.0 Å². The number of sulfonamides is 1. The number of phenols is 1. The molecule has 0 spiro atoms. The first-order valence-electron chi connectivity index (χ1n) is 9.63. The molecule has 0 saturated heterocycles. The Labute approximate surface area is 184 Å². The zero-order valence-electron chi connectivity index (χ0n) is 16.8. The predicted octanol–water partition coefficient (Wildman–Crippen LogP) is 2.59. The van der Waals surface area contributed by atoms with Gasteiger partial charge in [0.05, 0.1) is 17.7 Å². The van der Waals surface area contributed by atoms with Gasteiger partial charge in [0.15, 0.2) is 0 Å². The number of hydrogen-bond donors (Lipinski definition) is 2. The van der Waals surface area contributed by atoms with Crippen LogP contribution in [-0.2, 0) is 16.4 Å². The van der Waals surface area contributed by atoms with Crippen LogP contribution in [0.2, 0.25) is 0 Å². The molecule has 1 aromatic heterocycles. The smallest absolute Gasteiger partial charge is 0.274 e. The second-order valence-corrected chi connectivity index (χ2v) is 8.64. The normalized spacial score (nSPS) is 14.6. The number of amides is 1. The lowest BCUT2D eigenvalue weighted by Gasteiger charge is -2.11. The zero-order valence-corrected chi connectivity index (χ0v) is 17.6. The van der Waals surface area contributed by atoms with Crippen LogP contribution < -0.4 is 4.72 Å². The number of benzene rings is 2. The van der Waals surface area contributed by atoms with Crippen molar-refractivity contribution in [3.63, 3.8) is 0 Å². The fourth-order valence-electron chi connectivity index (χ4n) is 2.98. The number of nitrogens with one attached hydrogen (secondary N) is 1. The van der Waals surface area contributed by atoms with E-state index in [9.17, 15) is 18.3 Å². The maximum atomic E-state index is 12.5. The quantitative estimate of drug-likeness (QED) is 0.596. The monoisotopic (exact) mass is 449 g/mol. The second-order valence-electron chi connectivity index (χ2n) is 6.96. The molecule has 2 aromatic carbocycles. The lowest BCUT2D eigenvalue weighted by atomic mass is 10.1. The third kappa shape index (κ3) is 4.98. The van der Waals surface area contributed by atoms with E-state index in [0.717, 1.165) is 11.1 Å². The Morgan fingerprint density at radius 2 is 1.75 bits per heavy atom. The molecule has 0 bridgehead atoms. The van der Waals surface area contributed by atoms with Gasteiger partial charge in [-0.15, -0.1) is 0 Å². The Morgan fingerprint density at radius 3 is 2.44 bits per heavy atom. The molecule has 0 unspecified atom stereocenters. The molecule has 2 N–H and O–H groups in total. The van der Waals surface area contributed by atoms with Gasteiger partial charge in [0.25, 0.3) is 15.9 Å². The van der Waals surface area contributed by atoms with Gasteiger partial charge in [0.1, 0.15) is 5.75 Å². The van der Waals surface area contributed by atoms with Gasteiger partial charge < -0.3 is 5.11 Å². The van der Waals surface area contributed by atoms with Gasteiger partial charge in [-0.05, 0) is 60.0 Å². The molecule has 0 radical (unpaired) electrons. The molecule has 0 aliphatic carbocycles. The first kappa shape index (κ1) is 21.2. The van der Waals surface area contributed by atoms with Crippen LogP contribution in [0.5, 0.6) is 5.75 Å². The van der Waals surface area contributed by atoms with E-state index in [1.165, 1.54) is 41.7 Å². The van der Waals surface area contributed by atoms with E-state index < -0.39 is 10.0 Å². The molecule has 3 aromatic rings. The number of nitrogens with zero attached hydrogens (tertiary/aromatic N) is 4. The number of hydrazone groups is 1. The number of aromatic hydroxyl groups is 1. The van der Waals surface area contributed by atoms with Gasteiger partial charge >= 0.3 is 0 Å². The Hall–Kier alpha value is -4.05. The Balaban J connectivity index is 1.36. The predicted molar refractivity (Wildman–Crippen MR) is 119 cm³/mol. The molecule has 1 aliphatic heterocycles. The molecule has 2 heterocycles. The molecule has 0 atom stereocenters. The summed E-state index contributed by atoms with van der Waals surface area (Å²) in [4.78, 5) is 20.3. The number of allylic oxidation sites excluding steroid dienone is 1. The minimum Gasteiger partial charge on any atom is -0.508 e. The lowest BCUT2D eigenvalue weighted by molar-refractivity contribution is 0.0785. The number of rotatable bonds is 6. The summed E-state index contributed by atoms with van der Waals surface area (Å²) in [6, 6.07) is 14.1. The summed E-state index contributed by atoms with van der Waals surface area (Å²) in [5.41, 5.74) is 2.22. The molecule has 0 saturated carbocycles. The van der Waals surface area contributed by atoms with Crippen molar-refractivity contribution in [2.75, 3.05) is 11.3 Å². The molecular weight excluding hydrogens is 430 g/mol. The summed E-state index contributed by atoms with van der Waals surface area (Å²) in [6.07, 6.45) is 7.02. The molecule has 162 valence electrons. The highest BCUT2D eigenvalue weighted by molar-refractivity contribution is 7.92. The van der Waals surface area contributed by atoms with E-state index in [1.807, 2.05) is 6.08 Å². The third-order valence-corrected chi connectivity index (χ3v) is 6.01. The first-order valence-corrected chi connectivity index (χ1v) is 11.1. The van der Waals surface area contributed by atoms with Crippen molar-refractivity contribution >= 4 is 28.1 Å². The van der Waals surface area contributed by atoms with Gasteiger partial charge in [-0.3, -0.25) is 4.79 Å². The number of hydrogen-bond acceptors (Lipinski definition) is 7. The summed E-state index contributed by atoms with van der Waals surface area (Å²) in [5, 5.41) is 14.8. The van der Waals surface area contributed by atoms with Gasteiger partial charge in [0.2, 0.25) is 5.95 Å². The van der Waals surface area contributed by atoms with E-state index in [1.54, 1.807) is 36.5 Å². The zero-order chi connectivity index (χ0) is 22.6. The van der Waals surface area contributed by atoms with Crippen molar-refractivity contribution in [2.45, 2.75) is 11.3 Å². The van der Waals surface area contributed by atoms with Crippen molar-refractivity contribution in [1.82, 2.24) is 15.0 Å². The van der Waals surface area contributed by atoms with Crippen molar-refractivity contribution in [2.24, 2.45) is 5.10 Å². The summed E-state index contributed by atoms with van der Waals surface area (Å²) in [6.45, 7) is 0.340. The van der Waals surface area contributed by atoms with Crippen LogP contribution >= 0.6 is 0 Å². The molecule has 0 fully saturated rings. The van der Waals surface area contributed by atoms with Crippen molar-refractivity contribution in [1.29, 1.82) is 0 Å². The Bertz CT molecular complexity index is 1270. The van der Waals surface area contributed by atoms with Gasteiger partial charge in [-0.2, -0.15) is 5.10 Å². The fraction of sp³-hybridized carbons (Fsp3) is 0.0909. The molecule has 32 heavy (non-hydrogen) atoms. The van der Waals surface area contributed by atoms with Gasteiger partial charge in [-0.25, -0.2) is 28.1 Å². The summed E-state index contributed by atoms with van der Waals surface area (Å²) >= 11 is 0. The highest BCUT2D eigenvalue weighted by Gasteiger charge is 2.20. The SMILES string of the molecule is O=C(c1ccc(O)cc1)N1C/C(=C/Cc2ccc(S(=O)(=O)Nc3ncccn3)cc2)C=N1. The molecule has 10 heteroatoms. The van der Waals surface area contributed by atoms with E-state index in [2.05, 4.69) is 19.8 Å². The summed E-state index contributed by atoms with van der Waals surface area (Å²) in [7, 11) is -3.78. The number of carbonyl (C=O) groups excluding carboxylic acids is 1. The van der Waals surface area contributed by atoms with Crippen LogP contribution in [-0.4, -0.2) is 47.2 Å². The van der Waals surface area contributed by atoms with Crippen LogP contribution in [0, 0.1) is 0 Å². The molecule has 4 rings (SSSR count). The fourth-order valence-corrected chi connectivity index (χ4v) is 3.94. The number of anilines is 1. The minimum absolute atomic E-state index is 0.00763. The average Bonchev–Trinajstić information content (AvgIpc) is 3.27. The maximum absolute atomic E-state index is 12.5. The minimum atomic E-state index is -3.78. The molecular formula is C22H19N5O4S. The van der Waals surface area contributed by atoms with Crippen LogP contribution in [0.15, 0.2) is 88.6 Å². The van der Waals surface area contributed by atoms with Crippen LogP contribution in [0.1, 0.15) is 15.9 Å². The first-order chi connectivity index (χ1) is 15.4. The topological polar surface area (TPSA) is 125 Å². The highest BCUT2D eigenvalue weighted by Crippen LogP contribution is 2.17. The Kier molecular flexibility index (Phi) is 5.95. The van der Waals surface area contributed by atoms with Crippen LogP contribution in [0.4, 0.5) is 5.95 Å². The standard InChI is InChI=1S/C22H19N5O4S/c28-19-8-6-18(7-9-19)21(29)27-15-17(14-25-27)3-2-16-4-10-20(11-5-16)32(30,31)26-22-23-12-1-13-24-22/h1,3-14,28H,2,15H2,(H,23,24,26)/b17-3+. The van der Waals surface area contributed by atoms with Crippen molar-refractivity contribution in [3.8, 4) is 5.75 Å². The number of phenolic OH excluding ortho intramolecular Hbond substituents is 1. The molecule has 1 aliphatic rings. The van der Waals surface area contributed by atoms with E-state index in [-0.39, 0.29) is 22.5 Å². The van der Waals surface area contributed by atoms with Crippen LogP contribution in [0.25, 0.3) is 0 Å². The lowest BCUT2D eigenvalue weighted by Crippen LogP contribution is -2.23. The van der Waals surface area contributed by atoms with E-state index in [0.29, 0.717) is 18.5 Å². The van der Waals surface area contributed by atoms with Crippen molar-refractivity contribution in [3.05, 3.63) is 89.8 Å². The van der Waals surface area contributed by atoms with Crippen molar-refractivity contribution < 1.29 is 18.3 Å².